The Labute approximate surface area is 156 Å². The van der Waals surface area contributed by atoms with Gasteiger partial charge >= 0.3 is 0 Å². The summed E-state index contributed by atoms with van der Waals surface area (Å²) in [6.07, 6.45) is 3.43. The van der Waals surface area contributed by atoms with Crippen LogP contribution in [0.1, 0.15) is 26.2 Å². The Hall–Kier alpha value is -1.31. The number of hydrogen-bond donors (Lipinski definition) is 1. The lowest BCUT2D eigenvalue weighted by Gasteiger charge is -2.28. The predicted molar refractivity (Wildman–Crippen MR) is 100 cm³/mol. The minimum Gasteiger partial charge on any atom is -0.493 e. The van der Waals surface area contributed by atoms with Crippen LogP contribution in [-0.4, -0.2) is 57.8 Å². The van der Waals surface area contributed by atoms with Crippen molar-refractivity contribution >= 4 is 28.2 Å². The minimum absolute atomic E-state index is 0. The van der Waals surface area contributed by atoms with Crippen LogP contribution in [-0.2, 0) is 14.6 Å². The number of benzene rings is 1. The average Bonchev–Trinajstić information content (AvgIpc) is 3.06. The third-order valence-electron chi connectivity index (χ3n) is 4.10. The van der Waals surface area contributed by atoms with Crippen LogP contribution in [0.2, 0.25) is 0 Å². The van der Waals surface area contributed by atoms with Gasteiger partial charge in [-0.2, -0.15) is 0 Å². The molecule has 6 nitrogen and oxygen atoms in total. The number of halogens is 1. The molecule has 1 aliphatic heterocycles. The van der Waals surface area contributed by atoms with Gasteiger partial charge in [-0.15, -0.1) is 12.4 Å². The zero-order valence-electron chi connectivity index (χ0n) is 14.7. The summed E-state index contributed by atoms with van der Waals surface area (Å²) in [6, 6.07) is 6.54. The largest absolute Gasteiger partial charge is 0.493 e. The molecule has 0 saturated carbocycles. The van der Waals surface area contributed by atoms with Crippen LogP contribution in [0.25, 0.3) is 0 Å². The summed E-state index contributed by atoms with van der Waals surface area (Å²) in [5, 5.41) is 3.29. The zero-order valence-corrected chi connectivity index (χ0v) is 16.4. The first-order valence-electron chi connectivity index (χ1n) is 8.35. The summed E-state index contributed by atoms with van der Waals surface area (Å²) < 4.78 is 28.4. The van der Waals surface area contributed by atoms with E-state index in [1.54, 1.807) is 12.1 Å². The first kappa shape index (κ1) is 21.7. The fourth-order valence-electron chi connectivity index (χ4n) is 2.84. The number of ether oxygens (including phenoxy) is 1. The fraction of sp³-hybridized carbons (Fsp3) is 0.588. The highest BCUT2D eigenvalue weighted by Gasteiger charge is 2.25. The van der Waals surface area contributed by atoms with Crippen molar-refractivity contribution in [1.29, 1.82) is 0 Å². The van der Waals surface area contributed by atoms with Crippen molar-refractivity contribution in [2.45, 2.75) is 37.1 Å². The highest BCUT2D eigenvalue weighted by molar-refractivity contribution is 7.90. The van der Waals surface area contributed by atoms with E-state index in [0.717, 1.165) is 32.5 Å². The van der Waals surface area contributed by atoms with Gasteiger partial charge in [-0.05, 0) is 43.7 Å². The molecule has 0 aliphatic carbocycles. The van der Waals surface area contributed by atoms with Gasteiger partial charge in [0.25, 0.3) is 0 Å². The van der Waals surface area contributed by atoms with Gasteiger partial charge in [0.1, 0.15) is 5.75 Å². The first-order chi connectivity index (χ1) is 11.4. The third kappa shape index (κ3) is 6.49. The maximum Gasteiger partial charge on any atom is 0.226 e. The second-order valence-corrected chi connectivity index (χ2v) is 8.09. The molecule has 1 fully saturated rings. The van der Waals surface area contributed by atoms with Crippen molar-refractivity contribution in [3.8, 4) is 5.75 Å². The number of sulfone groups is 1. The van der Waals surface area contributed by atoms with Gasteiger partial charge in [0.05, 0.1) is 17.9 Å². The van der Waals surface area contributed by atoms with Crippen LogP contribution in [0.15, 0.2) is 29.2 Å². The Morgan fingerprint density at radius 1 is 1.32 bits per heavy atom. The van der Waals surface area contributed by atoms with Crippen LogP contribution < -0.4 is 10.1 Å². The number of nitrogens with one attached hydrogen (secondary N) is 1. The molecule has 0 bridgehead atoms. The molecule has 1 aromatic rings. The van der Waals surface area contributed by atoms with Crippen LogP contribution >= 0.6 is 12.4 Å². The second kappa shape index (κ2) is 9.99. The molecule has 1 saturated heterocycles. The van der Waals surface area contributed by atoms with Crippen LogP contribution in [0.3, 0.4) is 0 Å². The summed E-state index contributed by atoms with van der Waals surface area (Å²) in [5.74, 6) is 0.679. The maximum absolute atomic E-state index is 12.4. The molecule has 1 heterocycles. The smallest absolute Gasteiger partial charge is 0.226 e. The van der Waals surface area contributed by atoms with E-state index in [-0.39, 0.29) is 35.9 Å². The van der Waals surface area contributed by atoms with Crippen molar-refractivity contribution in [2.24, 2.45) is 0 Å². The topological polar surface area (TPSA) is 75.7 Å². The highest BCUT2D eigenvalue weighted by atomic mass is 35.5. The molecular weight excluding hydrogens is 364 g/mol. The van der Waals surface area contributed by atoms with E-state index in [4.69, 9.17) is 4.74 Å². The quantitative estimate of drug-likeness (QED) is 0.733. The van der Waals surface area contributed by atoms with Gasteiger partial charge in [-0.3, -0.25) is 4.79 Å². The Bertz CT molecular complexity index is 643. The Morgan fingerprint density at radius 2 is 2.00 bits per heavy atom. The van der Waals surface area contributed by atoms with E-state index >= 15 is 0 Å². The minimum atomic E-state index is -3.20. The predicted octanol–water partition coefficient (Wildman–Crippen LogP) is 1.88. The Balaban J connectivity index is 0.00000312. The lowest BCUT2D eigenvalue weighted by atomic mass is 10.2. The van der Waals surface area contributed by atoms with Gasteiger partial charge < -0.3 is 15.0 Å². The van der Waals surface area contributed by atoms with E-state index in [1.807, 2.05) is 4.90 Å². The fourth-order valence-corrected chi connectivity index (χ4v) is 3.47. The molecule has 142 valence electrons. The molecule has 0 aromatic heterocycles. The summed E-state index contributed by atoms with van der Waals surface area (Å²) in [7, 11) is -3.20. The van der Waals surface area contributed by atoms with Crippen molar-refractivity contribution in [3.05, 3.63) is 24.3 Å². The van der Waals surface area contributed by atoms with E-state index < -0.39 is 9.84 Å². The summed E-state index contributed by atoms with van der Waals surface area (Å²) in [4.78, 5) is 14.6. The van der Waals surface area contributed by atoms with Crippen molar-refractivity contribution in [3.63, 3.8) is 0 Å². The van der Waals surface area contributed by atoms with Crippen molar-refractivity contribution in [1.82, 2.24) is 10.2 Å². The second-order valence-electron chi connectivity index (χ2n) is 6.08. The molecule has 1 unspecified atom stereocenters. The lowest BCUT2D eigenvalue weighted by molar-refractivity contribution is -0.133. The first-order valence-corrected chi connectivity index (χ1v) is 10.2. The molecule has 25 heavy (non-hydrogen) atoms. The molecule has 1 atom stereocenters. The molecule has 2 rings (SSSR count). The van der Waals surface area contributed by atoms with E-state index in [9.17, 15) is 13.2 Å². The van der Waals surface area contributed by atoms with Gasteiger partial charge in [0, 0.05) is 25.4 Å². The van der Waals surface area contributed by atoms with Gasteiger partial charge in [-0.25, -0.2) is 8.42 Å². The highest BCUT2D eigenvalue weighted by Crippen LogP contribution is 2.16. The SMILES string of the molecule is CCCN(C(=O)CCOc1ccc(S(C)(=O)=O)cc1)C1CCNC1.Cl. The van der Waals surface area contributed by atoms with E-state index in [1.165, 1.54) is 18.4 Å². The standard InChI is InChI=1S/C17H26N2O4S.ClH/c1-3-11-19(14-8-10-18-13-14)17(20)9-12-23-15-4-6-16(7-5-15)24(2,21)22;/h4-7,14,18H,3,8-13H2,1-2H3;1H. The van der Waals surface area contributed by atoms with Gasteiger partial charge in [0.2, 0.25) is 5.91 Å². The van der Waals surface area contributed by atoms with Crippen molar-refractivity contribution in [2.75, 3.05) is 32.5 Å². The van der Waals surface area contributed by atoms with E-state index in [2.05, 4.69) is 12.2 Å². The molecule has 1 amide bonds. The number of amides is 1. The summed E-state index contributed by atoms with van der Waals surface area (Å²) in [5.41, 5.74) is 0. The van der Waals surface area contributed by atoms with Crippen LogP contribution in [0.5, 0.6) is 5.75 Å². The number of carbonyl (C=O) groups is 1. The number of rotatable bonds is 8. The van der Waals surface area contributed by atoms with Crippen molar-refractivity contribution < 1.29 is 17.9 Å². The molecule has 1 N–H and O–H groups in total. The average molecular weight is 391 g/mol. The lowest BCUT2D eigenvalue weighted by Crippen LogP contribution is -2.42. The monoisotopic (exact) mass is 390 g/mol. The molecule has 1 aromatic carbocycles. The number of carbonyl (C=O) groups excluding carboxylic acids is 1. The molecular formula is C17H27ClN2O4S. The molecule has 0 spiro atoms. The summed E-state index contributed by atoms with van der Waals surface area (Å²) >= 11 is 0. The molecule has 1 aliphatic rings. The Morgan fingerprint density at radius 3 is 2.52 bits per heavy atom. The van der Waals surface area contributed by atoms with Crippen LogP contribution in [0, 0.1) is 0 Å². The third-order valence-corrected chi connectivity index (χ3v) is 5.22. The van der Waals surface area contributed by atoms with E-state index in [0.29, 0.717) is 12.2 Å². The summed E-state index contributed by atoms with van der Waals surface area (Å²) in [6.45, 7) is 4.95. The Kier molecular flexibility index (Phi) is 8.68. The normalized spacial score (nSPS) is 17.0. The number of nitrogens with zero attached hydrogens (tertiary/aromatic N) is 1. The van der Waals surface area contributed by atoms with Gasteiger partial charge in [-0.1, -0.05) is 6.92 Å². The zero-order chi connectivity index (χ0) is 17.6. The molecule has 8 heteroatoms. The molecule has 0 radical (unpaired) electrons. The van der Waals surface area contributed by atoms with Crippen LogP contribution in [0.4, 0.5) is 0 Å². The maximum atomic E-state index is 12.4. The number of hydrogen-bond acceptors (Lipinski definition) is 5. The van der Waals surface area contributed by atoms with Gasteiger partial charge in [0.15, 0.2) is 9.84 Å².